The predicted octanol–water partition coefficient (Wildman–Crippen LogP) is 2.41. The van der Waals surface area contributed by atoms with Crippen LogP contribution >= 0.6 is 11.6 Å². The summed E-state index contributed by atoms with van der Waals surface area (Å²) in [6.45, 7) is 12.4. The van der Waals surface area contributed by atoms with Gasteiger partial charge in [-0.25, -0.2) is 9.98 Å². The minimum atomic E-state index is 0.246. The average Bonchev–Trinajstić information content (AvgIpc) is 1.99. The van der Waals surface area contributed by atoms with Crippen molar-refractivity contribution >= 4 is 24.2 Å². The Balaban J connectivity index is 4.39. The second-order valence-corrected chi connectivity index (χ2v) is 2.31. The van der Waals surface area contributed by atoms with Gasteiger partial charge in [-0.15, -0.1) is 11.6 Å². The molecule has 0 bridgehead atoms. The van der Waals surface area contributed by atoms with E-state index >= 15 is 0 Å². The fraction of sp³-hybridized carbons (Fsp3) is 0.250. The van der Waals surface area contributed by atoms with E-state index in [0.717, 1.165) is 5.57 Å². The molecule has 0 aliphatic rings. The Morgan fingerprint density at radius 1 is 1.45 bits per heavy atom. The summed E-state index contributed by atoms with van der Waals surface area (Å²) in [5.74, 6) is 0.718. The highest BCUT2D eigenvalue weighted by Gasteiger charge is 1.94. The van der Waals surface area contributed by atoms with Crippen LogP contribution in [0.5, 0.6) is 0 Å². The number of hydrogen-bond donors (Lipinski definition) is 0. The number of hydrogen-bond acceptors (Lipinski definition) is 1. The van der Waals surface area contributed by atoms with Crippen LogP contribution in [0, 0.1) is 0 Å². The molecule has 3 heteroatoms. The van der Waals surface area contributed by atoms with E-state index in [-0.39, 0.29) is 5.88 Å². The number of nitrogens with zero attached hydrogens (tertiary/aromatic N) is 2. The summed E-state index contributed by atoms with van der Waals surface area (Å²) in [6, 6.07) is 0. The van der Waals surface area contributed by atoms with E-state index in [1.165, 1.54) is 0 Å². The van der Waals surface area contributed by atoms with Gasteiger partial charge >= 0.3 is 0 Å². The van der Waals surface area contributed by atoms with Crippen molar-refractivity contribution in [1.82, 2.24) is 0 Å². The molecule has 11 heavy (non-hydrogen) atoms. The minimum Gasteiger partial charge on any atom is -0.248 e. The molecule has 0 saturated carbocycles. The largest absolute Gasteiger partial charge is 0.248 e. The maximum Gasteiger partial charge on any atom is 0.142 e. The van der Waals surface area contributed by atoms with E-state index in [9.17, 15) is 0 Å². The summed E-state index contributed by atoms with van der Waals surface area (Å²) < 4.78 is 0. The van der Waals surface area contributed by atoms with E-state index in [4.69, 9.17) is 11.6 Å². The van der Waals surface area contributed by atoms with E-state index in [1.807, 2.05) is 6.92 Å². The SMILES string of the molecule is C=NC(CCl)=NC(=C)C(=C)C. The van der Waals surface area contributed by atoms with Crippen LogP contribution in [0.1, 0.15) is 6.92 Å². The highest BCUT2D eigenvalue weighted by Crippen LogP contribution is 2.05. The van der Waals surface area contributed by atoms with Crippen LogP contribution in [0.15, 0.2) is 34.4 Å². The summed E-state index contributed by atoms with van der Waals surface area (Å²) >= 11 is 5.48. The molecule has 0 aromatic rings. The smallest absolute Gasteiger partial charge is 0.142 e. The molecule has 0 aromatic carbocycles. The molecule has 0 saturated heterocycles. The highest BCUT2D eigenvalue weighted by atomic mass is 35.5. The highest BCUT2D eigenvalue weighted by molar-refractivity contribution is 6.28. The van der Waals surface area contributed by atoms with Crippen molar-refractivity contribution in [3.8, 4) is 0 Å². The van der Waals surface area contributed by atoms with Crippen molar-refractivity contribution in [2.24, 2.45) is 9.98 Å². The van der Waals surface area contributed by atoms with Gasteiger partial charge in [-0.05, 0) is 19.2 Å². The van der Waals surface area contributed by atoms with Gasteiger partial charge in [0.25, 0.3) is 0 Å². The Hall–Kier alpha value is -0.890. The maximum atomic E-state index is 5.48. The molecular formula is C8H11ClN2. The van der Waals surface area contributed by atoms with Crippen LogP contribution in [0.2, 0.25) is 0 Å². The van der Waals surface area contributed by atoms with Crippen molar-refractivity contribution in [3.63, 3.8) is 0 Å². The first-order valence-electron chi connectivity index (χ1n) is 3.06. The zero-order valence-corrected chi connectivity index (χ0v) is 7.36. The lowest BCUT2D eigenvalue weighted by Crippen LogP contribution is -1.95. The first-order chi connectivity index (χ1) is 5.11. The number of aliphatic imine (C=N–C) groups is 2. The van der Waals surface area contributed by atoms with Crippen molar-refractivity contribution in [1.29, 1.82) is 0 Å². The van der Waals surface area contributed by atoms with Gasteiger partial charge in [0.15, 0.2) is 0 Å². The van der Waals surface area contributed by atoms with Gasteiger partial charge < -0.3 is 0 Å². The Morgan fingerprint density at radius 3 is 2.27 bits per heavy atom. The van der Waals surface area contributed by atoms with E-state index in [2.05, 4.69) is 29.9 Å². The standard InChI is InChI=1S/C8H11ClN2/c1-6(2)7(3)11-8(5-9)10-4/h1,3-5H2,2H3. The maximum absolute atomic E-state index is 5.48. The molecule has 0 aliphatic heterocycles. The third-order valence-corrected chi connectivity index (χ3v) is 1.30. The summed E-state index contributed by atoms with van der Waals surface area (Å²) in [6.07, 6.45) is 0. The van der Waals surface area contributed by atoms with E-state index < -0.39 is 0 Å². The van der Waals surface area contributed by atoms with Crippen molar-refractivity contribution in [3.05, 3.63) is 24.4 Å². The first kappa shape index (κ1) is 10.1. The Kier molecular flexibility index (Phi) is 4.46. The molecule has 0 fully saturated rings. The van der Waals surface area contributed by atoms with Gasteiger partial charge in [-0.1, -0.05) is 13.2 Å². The molecule has 0 unspecified atom stereocenters. The van der Waals surface area contributed by atoms with E-state index in [0.29, 0.717) is 11.5 Å². The summed E-state index contributed by atoms with van der Waals surface area (Å²) in [7, 11) is 0. The minimum absolute atomic E-state index is 0.246. The van der Waals surface area contributed by atoms with Gasteiger partial charge in [0.1, 0.15) is 5.84 Å². The summed E-state index contributed by atoms with van der Waals surface area (Å²) in [5.41, 5.74) is 1.39. The lowest BCUT2D eigenvalue weighted by Gasteiger charge is -1.97. The second-order valence-electron chi connectivity index (χ2n) is 2.05. The lowest BCUT2D eigenvalue weighted by atomic mass is 10.3. The van der Waals surface area contributed by atoms with E-state index in [1.54, 1.807) is 0 Å². The zero-order valence-electron chi connectivity index (χ0n) is 6.60. The molecule has 0 spiro atoms. The number of allylic oxidation sites excluding steroid dienone is 1. The van der Waals surface area contributed by atoms with Crippen LogP contribution in [-0.2, 0) is 0 Å². The van der Waals surface area contributed by atoms with Gasteiger partial charge in [0.2, 0.25) is 0 Å². The number of alkyl halides is 1. The molecule has 0 heterocycles. The van der Waals surface area contributed by atoms with Crippen LogP contribution in [0.4, 0.5) is 0 Å². The fourth-order valence-corrected chi connectivity index (χ4v) is 0.503. The third-order valence-electron chi connectivity index (χ3n) is 1.06. The molecule has 0 aromatic heterocycles. The quantitative estimate of drug-likeness (QED) is 0.269. The zero-order chi connectivity index (χ0) is 8.85. The fourth-order valence-electron chi connectivity index (χ4n) is 0.359. The van der Waals surface area contributed by atoms with Crippen LogP contribution in [0.3, 0.4) is 0 Å². The average molecular weight is 171 g/mol. The van der Waals surface area contributed by atoms with Gasteiger partial charge in [-0.3, -0.25) is 0 Å². The van der Waals surface area contributed by atoms with Gasteiger partial charge in [0.05, 0.1) is 11.6 Å². The number of halogens is 1. The van der Waals surface area contributed by atoms with Crippen molar-refractivity contribution < 1.29 is 0 Å². The monoisotopic (exact) mass is 170 g/mol. The Morgan fingerprint density at radius 2 is 2.00 bits per heavy atom. The molecular weight excluding hydrogens is 160 g/mol. The molecule has 0 aliphatic carbocycles. The molecule has 0 amide bonds. The van der Waals surface area contributed by atoms with Crippen LogP contribution in [0.25, 0.3) is 0 Å². The third kappa shape index (κ3) is 3.73. The second kappa shape index (κ2) is 4.85. The Labute approximate surface area is 72.0 Å². The normalized spacial score (nSPS) is 10.9. The molecule has 0 N–H and O–H groups in total. The van der Waals surface area contributed by atoms with Crippen LogP contribution < -0.4 is 0 Å². The Bertz CT molecular complexity index is 216. The predicted molar refractivity (Wildman–Crippen MR) is 51.7 cm³/mol. The van der Waals surface area contributed by atoms with Crippen LogP contribution in [-0.4, -0.2) is 18.4 Å². The molecule has 2 nitrogen and oxygen atoms in total. The molecule has 0 radical (unpaired) electrons. The summed E-state index contributed by atoms with van der Waals surface area (Å²) in [5, 5.41) is 0. The number of rotatable bonds is 3. The molecule has 60 valence electrons. The van der Waals surface area contributed by atoms with Crippen molar-refractivity contribution in [2.75, 3.05) is 5.88 Å². The first-order valence-corrected chi connectivity index (χ1v) is 3.60. The topological polar surface area (TPSA) is 24.7 Å². The summed E-state index contributed by atoms with van der Waals surface area (Å²) in [4.78, 5) is 7.57. The van der Waals surface area contributed by atoms with Gasteiger partial charge in [0, 0.05) is 0 Å². The molecule has 0 rings (SSSR count). The molecule has 0 atom stereocenters. The van der Waals surface area contributed by atoms with Crippen molar-refractivity contribution in [2.45, 2.75) is 6.92 Å². The van der Waals surface area contributed by atoms with Gasteiger partial charge in [-0.2, -0.15) is 0 Å². The lowest BCUT2D eigenvalue weighted by molar-refractivity contribution is 1.29. The number of amidine groups is 1.